The third-order valence-electron chi connectivity index (χ3n) is 6.39. The number of nitrogens with zero attached hydrogens (tertiary/aromatic N) is 1. The Morgan fingerprint density at radius 1 is 1.00 bits per heavy atom. The molecule has 168 valence electrons. The number of carbonyl (C=O) groups is 1. The van der Waals surface area contributed by atoms with Crippen molar-refractivity contribution in [2.75, 3.05) is 5.32 Å². The smallest absolute Gasteiger partial charge is 0.330 e. The Morgan fingerprint density at radius 2 is 1.70 bits per heavy atom. The van der Waals surface area contributed by atoms with Crippen molar-refractivity contribution in [1.82, 2.24) is 9.55 Å². The predicted molar refractivity (Wildman–Crippen MR) is 132 cm³/mol. The summed E-state index contributed by atoms with van der Waals surface area (Å²) in [7, 11) is 0. The van der Waals surface area contributed by atoms with Gasteiger partial charge in [0, 0.05) is 28.1 Å². The van der Waals surface area contributed by atoms with Gasteiger partial charge in [0.25, 0.3) is 5.56 Å². The number of nitrogens with one attached hydrogen (secondary N) is 2. The van der Waals surface area contributed by atoms with Gasteiger partial charge in [-0.1, -0.05) is 72.2 Å². The monoisotopic (exact) mass is 505 g/mol. The maximum Gasteiger partial charge on any atom is 0.330 e. The Kier molecular flexibility index (Phi) is 5.24. The van der Waals surface area contributed by atoms with Crippen LogP contribution in [0.4, 0.5) is 5.82 Å². The summed E-state index contributed by atoms with van der Waals surface area (Å²) in [6, 6.07) is 17.3. The molecule has 1 unspecified atom stereocenters. The van der Waals surface area contributed by atoms with Gasteiger partial charge in [-0.2, -0.15) is 0 Å². The lowest BCUT2D eigenvalue weighted by Crippen LogP contribution is -2.42. The molecular weight excluding hydrogens is 482 g/mol. The standard InChI is InChI=1S/C26H24BrN3O3/c1-26(2)12-18-21(19(31)13-26)20(16-8-10-17(27)11-9-16)22-23(28-18)30(25(33)29-24(22)32)14-15-6-4-3-5-7-15/h3-11,20,28H,12-14H2,1-2H3,(H,29,32,33). The molecule has 1 aliphatic carbocycles. The third kappa shape index (κ3) is 3.91. The maximum absolute atomic E-state index is 13.4. The van der Waals surface area contributed by atoms with Gasteiger partial charge in [-0.25, -0.2) is 4.79 Å². The number of aromatic nitrogens is 2. The average Bonchev–Trinajstić information content (AvgIpc) is 2.76. The van der Waals surface area contributed by atoms with Gasteiger partial charge in [-0.05, 0) is 35.1 Å². The summed E-state index contributed by atoms with van der Waals surface area (Å²) in [6.07, 6.45) is 1.07. The first-order chi connectivity index (χ1) is 15.7. The minimum Gasteiger partial charge on any atom is -0.344 e. The molecule has 1 atom stereocenters. The highest BCUT2D eigenvalue weighted by Crippen LogP contribution is 2.47. The second-order valence-electron chi connectivity index (χ2n) is 9.54. The minimum absolute atomic E-state index is 0.0347. The van der Waals surface area contributed by atoms with Crippen molar-refractivity contribution in [3.63, 3.8) is 0 Å². The molecule has 1 aromatic heterocycles. The molecule has 2 N–H and O–H groups in total. The minimum atomic E-state index is -0.542. The van der Waals surface area contributed by atoms with Gasteiger partial charge >= 0.3 is 5.69 Å². The normalized spacial score (nSPS) is 19.0. The Hall–Kier alpha value is -3.19. The topological polar surface area (TPSA) is 84.0 Å². The maximum atomic E-state index is 13.4. The molecule has 0 bridgehead atoms. The molecule has 7 heteroatoms. The van der Waals surface area contributed by atoms with Crippen molar-refractivity contribution in [1.29, 1.82) is 0 Å². The molecule has 2 aromatic carbocycles. The Bertz CT molecular complexity index is 1400. The fraction of sp³-hybridized carbons (Fsp3) is 0.269. The molecule has 3 aromatic rings. The summed E-state index contributed by atoms with van der Waals surface area (Å²) in [6.45, 7) is 4.43. The SMILES string of the molecule is CC1(C)CC(=O)C2=C(C1)Nc1c(c(=O)[nH]c(=O)n1Cc1ccccc1)C2c1ccc(Br)cc1. The first-order valence-corrected chi connectivity index (χ1v) is 11.7. The van der Waals surface area contributed by atoms with Crippen LogP contribution in [0, 0.1) is 5.41 Å². The molecule has 5 rings (SSSR count). The largest absolute Gasteiger partial charge is 0.344 e. The number of anilines is 1. The lowest BCUT2D eigenvalue weighted by atomic mass is 9.69. The zero-order valence-electron chi connectivity index (χ0n) is 18.4. The van der Waals surface area contributed by atoms with Gasteiger partial charge in [0.2, 0.25) is 0 Å². The summed E-state index contributed by atoms with van der Waals surface area (Å²) in [5.74, 6) is -0.0448. The van der Waals surface area contributed by atoms with Crippen LogP contribution in [-0.2, 0) is 11.3 Å². The van der Waals surface area contributed by atoms with E-state index in [-0.39, 0.29) is 11.2 Å². The number of aromatic amines is 1. The fourth-order valence-corrected chi connectivity index (χ4v) is 5.23. The molecule has 0 radical (unpaired) electrons. The zero-order valence-corrected chi connectivity index (χ0v) is 20.0. The molecule has 33 heavy (non-hydrogen) atoms. The molecule has 0 spiro atoms. The quantitative estimate of drug-likeness (QED) is 0.546. The molecule has 1 aliphatic heterocycles. The summed E-state index contributed by atoms with van der Waals surface area (Å²) in [5, 5.41) is 3.36. The van der Waals surface area contributed by atoms with E-state index in [0.29, 0.717) is 36.3 Å². The number of hydrogen-bond donors (Lipinski definition) is 2. The first kappa shape index (κ1) is 21.6. The number of Topliss-reactive ketones (excluding diaryl/α,β-unsaturated/α-hetero) is 1. The molecular formula is C26H24BrN3O3. The molecule has 2 aliphatic rings. The molecule has 0 saturated heterocycles. The number of carbonyl (C=O) groups excluding carboxylic acids is 1. The van der Waals surface area contributed by atoms with E-state index in [1.807, 2.05) is 54.6 Å². The van der Waals surface area contributed by atoms with Gasteiger partial charge in [-0.3, -0.25) is 19.1 Å². The molecule has 0 saturated carbocycles. The Balaban J connectivity index is 1.77. The molecule has 0 amide bonds. The number of rotatable bonds is 3. The van der Waals surface area contributed by atoms with Crippen LogP contribution in [-0.4, -0.2) is 15.3 Å². The summed E-state index contributed by atoms with van der Waals surface area (Å²) >= 11 is 3.46. The van der Waals surface area contributed by atoms with Crippen LogP contribution in [0.1, 0.15) is 49.3 Å². The van der Waals surface area contributed by atoms with Gasteiger partial charge in [0.1, 0.15) is 5.82 Å². The van der Waals surface area contributed by atoms with E-state index in [9.17, 15) is 14.4 Å². The number of benzene rings is 2. The van der Waals surface area contributed by atoms with Crippen LogP contribution in [0.3, 0.4) is 0 Å². The fourth-order valence-electron chi connectivity index (χ4n) is 4.96. The van der Waals surface area contributed by atoms with Crippen LogP contribution in [0.25, 0.3) is 0 Å². The van der Waals surface area contributed by atoms with Crippen molar-refractivity contribution in [2.24, 2.45) is 5.41 Å². The predicted octanol–water partition coefficient (Wildman–Crippen LogP) is 4.55. The zero-order chi connectivity index (χ0) is 23.3. The average molecular weight is 506 g/mol. The third-order valence-corrected chi connectivity index (χ3v) is 6.92. The number of ketones is 1. The van der Waals surface area contributed by atoms with E-state index in [2.05, 4.69) is 40.1 Å². The highest BCUT2D eigenvalue weighted by Gasteiger charge is 2.42. The second-order valence-corrected chi connectivity index (χ2v) is 10.5. The van der Waals surface area contributed by atoms with Crippen molar-refractivity contribution in [2.45, 2.75) is 39.2 Å². The second kappa shape index (κ2) is 7.99. The van der Waals surface area contributed by atoms with Crippen molar-refractivity contribution in [3.8, 4) is 0 Å². The first-order valence-electron chi connectivity index (χ1n) is 10.9. The number of allylic oxidation sites excluding steroid dienone is 2. The van der Waals surface area contributed by atoms with Crippen LogP contribution < -0.4 is 16.6 Å². The molecule has 0 fully saturated rings. The number of hydrogen-bond acceptors (Lipinski definition) is 4. The van der Waals surface area contributed by atoms with Crippen LogP contribution >= 0.6 is 15.9 Å². The Labute approximate surface area is 199 Å². The lowest BCUT2D eigenvalue weighted by molar-refractivity contribution is -0.118. The van der Waals surface area contributed by atoms with Crippen molar-refractivity contribution < 1.29 is 4.79 Å². The van der Waals surface area contributed by atoms with E-state index in [0.717, 1.165) is 21.3 Å². The van der Waals surface area contributed by atoms with E-state index in [1.54, 1.807) is 4.57 Å². The van der Waals surface area contributed by atoms with Crippen LogP contribution in [0.5, 0.6) is 0 Å². The van der Waals surface area contributed by atoms with Crippen LogP contribution in [0.15, 0.2) is 79.9 Å². The highest BCUT2D eigenvalue weighted by atomic mass is 79.9. The van der Waals surface area contributed by atoms with Gasteiger partial charge in [0.05, 0.1) is 12.1 Å². The summed E-state index contributed by atoms with van der Waals surface area (Å²) in [5.41, 5.74) is 2.45. The van der Waals surface area contributed by atoms with Gasteiger partial charge in [0.15, 0.2) is 5.78 Å². The molecule has 6 nitrogen and oxygen atoms in total. The lowest BCUT2D eigenvalue weighted by Gasteiger charge is -2.39. The number of H-pyrrole nitrogens is 1. The molecule has 2 heterocycles. The van der Waals surface area contributed by atoms with Gasteiger partial charge < -0.3 is 5.32 Å². The number of fused-ring (bicyclic) bond motifs is 1. The van der Waals surface area contributed by atoms with Crippen molar-refractivity contribution in [3.05, 3.63) is 108 Å². The summed E-state index contributed by atoms with van der Waals surface area (Å²) < 4.78 is 2.47. The van der Waals surface area contributed by atoms with E-state index in [4.69, 9.17) is 0 Å². The van der Waals surface area contributed by atoms with Crippen LogP contribution in [0.2, 0.25) is 0 Å². The summed E-state index contributed by atoms with van der Waals surface area (Å²) in [4.78, 5) is 42.0. The number of halogens is 1. The van der Waals surface area contributed by atoms with E-state index in [1.165, 1.54) is 0 Å². The van der Waals surface area contributed by atoms with Crippen molar-refractivity contribution >= 4 is 27.5 Å². The van der Waals surface area contributed by atoms with Gasteiger partial charge in [-0.15, -0.1) is 0 Å². The highest BCUT2D eigenvalue weighted by molar-refractivity contribution is 9.10. The Morgan fingerprint density at radius 3 is 2.39 bits per heavy atom. The van der Waals surface area contributed by atoms with E-state index >= 15 is 0 Å². The van der Waals surface area contributed by atoms with E-state index < -0.39 is 17.2 Å².